The third kappa shape index (κ3) is 6.34. The molecule has 0 spiro atoms. The zero-order chi connectivity index (χ0) is 15.5. The Bertz CT molecular complexity index is 469. The number of hydrogen-bond donors (Lipinski definition) is 1. The number of hydrogen-bond acceptors (Lipinski definition) is 3. The highest BCUT2D eigenvalue weighted by Gasteiger charge is 2.05. The summed E-state index contributed by atoms with van der Waals surface area (Å²) in [5.41, 5.74) is 0.910. The molecule has 1 rings (SSSR count). The topological polar surface area (TPSA) is 47.6 Å². The molecule has 1 aromatic rings. The van der Waals surface area contributed by atoms with Gasteiger partial charge in [0.05, 0.1) is 13.2 Å². The fraction of sp³-hybridized carbons (Fsp3) is 0.471. The van der Waals surface area contributed by atoms with Crippen molar-refractivity contribution in [3.8, 4) is 11.5 Å². The van der Waals surface area contributed by atoms with Crippen LogP contribution in [0.25, 0.3) is 6.08 Å². The highest BCUT2D eigenvalue weighted by molar-refractivity contribution is 5.91. The third-order valence-corrected chi connectivity index (χ3v) is 2.82. The Morgan fingerprint density at radius 3 is 2.52 bits per heavy atom. The van der Waals surface area contributed by atoms with Crippen LogP contribution in [-0.4, -0.2) is 25.7 Å². The Labute approximate surface area is 127 Å². The van der Waals surface area contributed by atoms with Crippen LogP contribution in [0, 0.1) is 0 Å². The van der Waals surface area contributed by atoms with E-state index in [0.717, 1.165) is 24.2 Å². The number of unbranched alkanes of at least 4 members (excludes halogenated alkanes) is 1. The van der Waals surface area contributed by atoms with E-state index in [2.05, 4.69) is 12.2 Å². The van der Waals surface area contributed by atoms with Crippen molar-refractivity contribution in [1.29, 1.82) is 0 Å². The van der Waals surface area contributed by atoms with Crippen molar-refractivity contribution in [1.82, 2.24) is 5.32 Å². The van der Waals surface area contributed by atoms with Gasteiger partial charge in [0.25, 0.3) is 0 Å². The van der Waals surface area contributed by atoms with Gasteiger partial charge < -0.3 is 14.8 Å². The van der Waals surface area contributed by atoms with E-state index >= 15 is 0 Å². The second-order valence-electron chi connectivity index (χ2n) is 4.55. The van der Waals surface area contributed by atoms with Crippen LogP contribution in [0.2, 0.25) is 0 Å². The highest BCUT2D eigenvalue weighted by Crippen LogP contribution is 2.28. The largest absolute Gasteiger partial charge is 0.490 e. The molecular weight excluding hydrogens is 266 g/mol. The molecule has 1 amide bonds. The van der Waals surface area contributed by atoms with E-state index in [1.54, 1.807) is 12.2 Å². The van der Waals surface area contributed by atoms with Crippen molar-refractivity contribution in [2.24, 2.45) is 0 Å². The summed E-state index contributed by atoms with van der Waals surface area (Å²) >= 11 is 0. The lowest BCUT2D eigenvalue weighted by atomic mass is 10.2. The molecule has 0 unspecified atom stereocenters. The van der Waals surface area contributed by atoms with Crippen LogP contribution in [-0.2, 0) is 4.79 Å². The summed E-state index contributed by atoms with van der Waals surface area (Å²) in [6, 6.07) is 5.65. The van der Waals surface area contributed by atoms with E-state index in [4.69, 9.17) is 9.47 Å². The first-order valence-corrected chi connectivity index (χ1v) is 7.56. The summed E-state index contributed by atoms with van der Waals surface area (Å²) in [4.78, 5) is 11.6. The SMILES string of the molecule is CCCCNC(=O)C=Cc1ccc(OCC)c(OCC)c1. The summed E-state index contributed by atoms with van der Waals surface area (Å²) in [5.74, 6) is 1.35. The normalized spacial score (nSPS) is 10.6. The van der Waals surface area contributed by atoms with Crippen molar-refractivity contribution in [3.05, 3.63) is 29.8 Å². The van der Waals surface area contributed by atoms with Crippen LogP contribution in [0.4, 0.5) is 0 Å². The van der Waals surface area contributed by atoms with Crippen LogP contribution < -0.4 is 14.8 Å². The summed E-state index contributed by atoms with van der Waals surface area (Å²) < 4.78 is 11.1. The van der Waals surface area contributed by atoms with Crippen molar-refractivity contribution in [2.75, 3.05) is 19.8 Å². The lowest BCUT2D eigenvalue weighted by Gasteiger charge is -2.11. The van der Waals surface area contributed by atoms with Gasteiger partial charge in [-0.15, -0.1) is 0 Å². The molecule has 0 fully saturated rings. The zero-order valence-corrected chi connectivity index (χ0v) is 13.1. The van der Waals surface area contributed by atoms with Gasteiger partial charge in [0.2, 0.25) is 5.91 Å². The van der Waals surface area contributed by atoms with Crippen molar-refractivity contribution in [2.45, 2.75) is 33.6 Å². The number of rotatable bonds is 9. The first-order valence-electron chi connectivity index (χ1n) is 7.56. The molecule has 0 aliphatic rings. The summed E-state index contributed by atoms with van der Waals surface area (Å²) in [6.45, 7) is 7.84. The molecule has 0 atom stereocenters. The highest BCUT2D eigenvalue weighted by atomic mass is 16.5. The summed E-state index contributed by atoms with van der Waals surface area (Å²) in [6.07, 6.45) is 5.39. The quantitative estimate of drug-likeness (QED) is 0.560. The number of carbonyl (C=O) groups excluding carboxylic acids is 1. The first-order chi connectivity index (χ1) is 10.2. The van der Waals surface area contributed by atoms with Crippen LogP contribution in [0.15, 0.2) is 24.3 Å². The molecule has 1 N–H and O–H groups in total. The molecule has 0 heterocycles. The molecule has 21 heavy (non-hydrogen) atoms. The first kappa shape index (κ1) is 17.1. The maximum atomic E-state index is 11.6. The van der Waals surface area contributed by atoms with E-state index in [1.165, 1.54) is 0 Å². The summed E-state index contributed by atoms with van der Waals surface area (Å²) in [5, 5.41) is 2.84. The number of nitrogens with one attached hydrogen (secondary N) is 1. The molecule has 0 aliphatic carbocycles. The molecule has 0 aromatic heterocycles. The van der Waals surface area contributed by atoms with Crippen molar-refractivity contribution in [3.63, 3.8) is 0 Å². The number of carbonyl (C=O) groups is 1. The minimum absolute atomic E-state index is 0.0738. The third-order valence-electron chi connectivity index (χ3n) is 2.82. The number of benzene rings is 1. The molecular formula is C17H25NO3. The van der Waals surface area contributed by atoms with Gasteiger partial charge in [-0.05, 0) is 44.0 Å². The fourth-order valence-corrected chi connectivity index (χ4v) is 1.79. The minimum Gasteiger partial charge on any atom is -0.490 e. The van der Waals surface area contributed by atoms with Gasteiger partial charge in [-0.2, -0.15) is 0 Å². The van der Waals surface area contributed by atoms with E-state index in [0.29, 0.717) is 25.5 Å². The van der Waals surface area contributed by atoms with Crippen molar-refractivity contribution >= 4 is 12.0 Å². The van der Waals surface area contributed by atoms with Gasteiger partial charge in [-0.25, -0.2) is 0 Å². The molecule has 4 heteroatoms. The minimum atomic E-state index is -0.0738. The molecule has 116 valence electrons. The fourth-order valence-electron chi connectivity index (χ4n) is 1.79. The predicted molar refractivity (Wildman–Crippen MR) is 85.7 cm³/mol. The van der Waals surface area contributed by atoms with Crippen molar-refractivity contribution < 1.29 is 14.3 Å². The Morgan fingerprint density at radius 2 is 1.86 bits per heavy atom. The monoisotopic (exact) mass is 291 g/mol. The van der Waals surface area contributed by atoms with Gasteiger partial charge in [0, 0.05) is 12.6 Å². The zero-order valence-electron chi connectivity index (χ0n) is 13.1. The molecule has 4 nitrogen and oxygen atoms in total. The van der Waals surface area contributed by atoms with Gasteiger partial charge in [-0.1, -0.05) is 19.4 Å². The van der Waals surface area contributed by atoms with E-state index in [1.807, 2.05) is 32.0 Å². The van der Waals surface area contributed by atoms with Crippen LogP contribution in [0.5, 0.6) is 11.5 Å². The lowest BCUT2D eigenvalue weighted by molar-refractivity contribution is -0.116. The number of amides is 1. The second-order valence-corrected chi connectivity index (χ2v) is 4.55. The molecule has 0 saturated carbocycles. The Balaban J connectivity index is 2.70. The summed E-state index contributed by atoms with van der Waals surface area (Å²) in [7, 11) is 0. The van der Waals surface area contributed by atoms with E-state index < -0.39 is 0 Å². The van der Waals surface area contributed by atoms with Crippen LogP contribution in [0.1, 0.15) is 39.2 Å². The molecule has 1 aromatic carbocycles. The Hall–Kier alpha value is -1.97. The molecule has 0 radical (unpaired) electrons. The number of ether oxygens (including phenoxy) is 2. The van der Waals surface area contributed by atoms with Gasteiger partial charge in [0.1, 0.15) is 0 Å². The standard InChI is InChI=1S/C17H25NO3/c1-4-7-12-18-17(19)11-9-14-8-10-15(20-5-2)16(13-14)21-6-3/h8-11,13H,4-7,12H2,1-3H3,(H,18,19). The smallest absolute Gasteiger partial charge is 0.243 e. The van der Waals surface area contributed by atoms with Gasteiger partial charge in [0.15, 0.2) is 11.5 Å². The van der Waals surface area contributed by atoms with Crippen LogP contribution >= 0.6 is 0 Å². The van der Waals surface area contributed by atoms with E-state index in [9.17, 15) is 4.79 Å². The second kappa shape index (κ2) is 9.86. The van der Waals surface area contributed by atoms with Gasteiger partial charge >= 0.3 is 0 Å². The van der Waals surface area contributed by atoms with Gasteiger partial charge in [-0.3, -0.25) is 4.79 Å². The molecule has 0 saturated heterocycles. The predicted octanol–water partition coefficient (Wildman–Crippen LogP) is 3.41. The Kier molecular flexibility index (Phi) is 8.02. The molecule has 0 aliphatic heterocycles. The Morgan fingerprint density at radius 1 is 1.14 bits per heavy atom. The molecule has 0 bridgehead atoms. The average molecular weight is 291 g/mol. The average Bonchev–Trinajstić information content (AvgIpc) is 2.48. The van der Waals surface area contributed by atoms with E-state index in [-0.39, 0.29) is 5.91 Å². The maximum absolute atomic E-state index is 11.6. The lowest BCUT2D eigenvalue weighted by Crippen LogP contribution is -2.21. The van der Waals surface area contributed by atoms with Crippen LogP contribution in [0.3, 0.4) is 0 Å². The maximum Gasteiger partial charge on any atom is 0.243 e.